The molecule has 0 fully saturated rings. The third-order valence-electron chi connectivity index (χ3n) is 10.8. The Morgan fingerprint density at radius 1 is 0.255 bits per heavy atom. The fourth-order valence-corrected chi connectivity index (χ4v) is 8.23. The van der Waals surface area contributed by atoms with Crippen LogP contribution in [0.1, 0.15) is 22.3 Å². The van der Waals surface area contributed by atoms with Gasteiger partial charge in [-0.25, -0.2) is 15.0 Å². The van der Waals surface area contributed by atoms with Gasteiger partial charge in [-0.15, -0.1) is 0 Å². The van der Waals surface area contributed by atoms with Crippen molar-refractivity contribution in [1.82, 2.24) is 15.0 Å². The Morgan fingerprint density at radius 2 is 0.545 bits per heavy atom. The molecule has 0 atom stereocenters. The van der Waals surface area contributed by atoms with E-state index in [1.54, 1.807) is 0 Å². The van der Waals surface area contributed by atoms with Crippen molar-refractivity contribution in [3.63, 3.8) is 0 Å². The minimum Gasteiger partial charge on any atom is -0.208 e. The van der Waals surface area contributed by atoms with Crippen molar-refractivity contribution >= 4 is 0 Å². The molecule has 1 aliphatic rings. The van der Waals surface area contributed by atoms with E-state index in [4.69, 9.17) is 15.0 Å². The SMILES string of the molecule is c1ccc(-c2ccc3c(c2)C(c2ccccc2)(c2ccccc2)c2cc(-c4ccc(-c5nc(-c6ccccc6)nc(-c6ccccc6)n5)cc4)ccc2-3)cc1. The van der Waals surface area contributed by atoms with Gasteiger partial charge in [0.2, 0.25) is 0 Å². The Morgan fingerprint density at radius 3 is 0.945 bits per heavy atom. The summed E-state index contributed by atoms with van der Waals surface area (Å²) in [6.07, 6.45) is 0. The van der Waals surface area contributed by atoms with Crippen LogP contribution in [0.15, 0.2) is 212 Å². The van der Waals surface area contributed by atoms with Gasteiger partial charge in [0, 0.05) is 16.7 Å². The maximum absolute atomic E-state index is 4.96. The first kappa shape index (κ1) is 32.4. The standard InChI is InChI=1S/C52H35N3/c1-6-16-36(17-7-1)41-30-32-45-46-33-31-42(35-48(46)52(47(45)34-41,43-22-12-4-13-23-43)44-24-14-5-15-25-44)37-26-28-40(29-27-37)51-54-49(38-18-8-2-9-19-38)53-50(55-51)39-20-10-3-11-21-39/h1-35H. The quantitative estimate of drug-likeness (QED) is 0.166. The van der Waals surface area contributed by atoms with Crippen molar-refractivity contribution in [1.29, 1.82) is 0 Å². The minimum absolute atomic E-state index is 0.513. The number of hydrogen-bond acceptors (Lipinski definition) is 3. The van der Waals surface area contributed by atoms with Crippen LogP contribution in [0.3, 0.4) is 0 Å². The molecule has 1 heterocycles. The highest BCUT2D eigenvalue weighted by molar-refractivity contribution is 5.90. The summed E-state index contributed by atoms with van der Waals surface area (Å²) in [6.45, 7) is 0. The van der Waals surface area contributed by atoms with Gasteiger partial charge >= 0.3 is 0 Å². The number of rotatable bonds is 7. The first-order valence-corrected chi connectivity index (χ1v) is 18.7. The largest absolute Gasteiger partial charge is 0.208 e. The topological polar surface area (TPSA) is 38.7 Å². The van der Waals surface area contributed by atoms with E-state index >= 15 is 0 Å². The summed E-state index contributed by atoms with van der Waals surface area (Å²) in [6, 6.07) is 75.5. The smallest absolute Gasteiger partial charge is 0.164 e. The average Bonchev–Trinajstić information content (AvgIpc) is 3.57. The van der Waals surface area contributed by atoms with Crippen LogP contribution in [0.2, 0.25) is 0 Å². The fourth-order valence-electron chi connectivity index (χ4n) is 8.23. The second-order valence-electron chi connectivity index (χ2n) is 14.0. The van der Waals surface area contributed by atoms with Crippen molar-refractivity contribution in [2.75, 3.05) is 0 Å². The van der Waals surface area contributed by atoms with Gasteiger partial charge in [0.25, 0.3) is 0 Å². The van der Waals surface area contributed by atoms with Crippen LogP contribution in [-0.2, 0) is 5.41 Å². The summed E-state index contributed by atoms with van der Waals surface area (Å²) < 4.78 is 0. The van der Waals surface area contributed by atoms with E-state index in [0.717, 1.165) is 27.8 Å². The van der Waals surface area contributed by atoms with E-state index in [2.05, 4.69) is 152 Å². The molecule has 0 N–H and O–H groups in total. The zero-order valence-corrected chi connectivity index (χ0v) is 30.0. The normalized spacial score (nSPS) is 12.5. The highest BCUT2D eigenvalue weighted by Crippen LogP contribution is 2.57. The first-order chi connectivity index (χ1) is 27.3. The summed E-state index contributed by atoms with van der Waals surface area (Å²) in [5.41, 5.74) is 14.6. The van der Waals surface area contributed by atoms with Gasteiger partial charge in [-0.2, -0.15) is 0 Å². The van der Waals surface area contributed by atoms with E-state index in [1.165, 1.54) is 44.5 Å². The third-order valence-corrected chi connectivity index (χ3v) is 10.8. The van der Waals surface area contributed by atoms with Gasteiger partial charge < -0.3 is 0 Å². The zero-order chi connectivity index (χ0) is 36.6. The molecule has 1 aromatic heterocycles. The fraction of sp³-hybridized carbons (Fsp3) is 0.0192. The van der Waals surface area contributed by atoms with Crippen LogP contribution >= 0.6 is 0 Å². The summed E-state index contributed by atoms with van der Waals surface area (Å²) in [7, 11) is 0. The average molecular weight is 702 g/mol. The second kappa shape index (κ2) is 13.6. The van der Waals surface area contributed by atoms with Gasteiger partial charge in [0.1, 0.15) is 0 Å². The highest BCUT2D eigenvalue weighted by atomic mass is 15.0. The molecule has 0 radical (unpaired) electrons. The van der Waals surface area contributed by atoms with E-state index in [9.17, 15) is 0 Å². The molecule has 0 bridgehead atoms. The Hall–Kier alpha value is -7.23. The molecule has 0 saturated heterocycles. The molecule has 0 aliphatic heterocycles. The van der Waals surface area contributed by atoms with Gasteiger partial charge in [-0.3, -0.25) is 0 Å². The zero-order valence-electron chi connectivity index (χ0n) is 30.0. The van der Waals surface area contributed by atoms with Crippen molar-refractivity contribution in [2.24, 2.45) is 0 Å². The highest BCUT2D eigenvalue weighted by Gasteiger charge is 2.46. The van der Waals surface area contributed by atoms with Gasteiger partial charge in [-0.05, 0) is 67.8 Å². The molecule has 8 aromatic carbocycles. The number of hydrogen-bond donors (Lipinski definition) is 0. The predicted molar refractivity (Wildman–Crippen MR) is 224 cm³/mol. The van der Waals surface area contributed by atoms with Crippen molar-refractivity contribution in [3.8, 4) is 67.5 Å². The maximum Gasteiger partial charge on any atom is 0.164 e. The lowest BCUT2D eigenvalue weighted by molar-refractivity contribution is 0.769. The van der Waals surface area contributed by atoms with Gasteiger partial charge in [0.05, 0.1) is 5.41 Å². The molecule has 3 nitrogen and oxygen atoms in total. The van der Waals surface area contributed by atoms with Crippen LogP contribution in [0.4, 0.5) is 0 Å². The lowest BCUT2D eigenvalue weighted by atomic mass is 9.67. The lowest BCUT2D eigenvalue weighted by Crippen LogP contribution is -2.28. The van der Waals surface area contributed by atoms with E-state index in [-0.39, 0.29) is 0 Å². The van der Waals surface area contributed by atoms with E-state index < -0.39 is 5.41 Å². The number of benzene rings is 8. The monoisotopic (exact) mass is 701 g/mol. The van der Waals surface area contributed by atoms with Crippen LogP contribution < -0.4 is 0 Å². The maximum atomic E-state index is 4.96. The van der Waals surface area contributed by atoms with Crippen LogP contribution in [0, 0.1) is 0 Å². The molecule has 0 saturated carbocycles. The molecular formula is C52H35N3. The molecule has 55 heavy (non-hydrogen) atoms. The van der Waals surface area contributed by atoms with Crippen molar-refractivity contribution in [2.45, 2.75) is 5.41 Å². The number of fused-ring (bicyclic) bond motifs is 3. The number of aromatic nitrogens is 3. The van der Waals surface area contributed by atoms with Gasteiger partial charge in [0.15, 0.2) is 17.5 Å². The Kier molecular flexibility index (Phi) is 8.04. The molecular weight excluding hydrogens is 667 g/mol. The van der Waals surface area contributed by atoms with Crippen LogP contribution in [0.25, 0.3) is 67.5 Å². The molecule has 0 spiro atoms. The van der Waals surface area contributed by atoms with Crippen LogP contribution in [0.5, 0.6) is 0 Å². The Bertz CT molecular complexity index is 2670. The second-order valence-corrected chi connectivity index (χ2v) is 14.0. The Labute approximate surface area is 321 Å². The third kappa shape index (κ3) is 5.65. The molecule has 3 heteroatoms. The minimum atomic E-state index is -0.513. The molecule has 258 valence electrons. The number of nitrogens with zero attached hydrogens (tertiary/aromatic N) is 3. The summed E-state index contributed by atoms with van der Waals surface area (Å²) in [5, 5.41) is 0. The summed E-state index contributed by atoms with van der Waals surface area (Å²) in [5.74, 6) is 1.95. The lowest BCUT2D eigenvalue weighted by Gasteiger charge is -2.34. The Balaban J connectivity index is 1.11. The summed E-state index contributed by atoms with van der Waals surface area (Å²) in [4.78, 5) is 14.8. The molecule has 9 aromatic rings. The first-order valence-electron chi connectivity index (χ1n) is 18.7. The van der Waals surface area contributed by atoms with Crippen molar-refractivity contribution < 1.29 is 0 Å². The van der Waals surface area contributed by atoms with Gasteiger partial charge in [-0.1, -0.05) is 200 Å². The molecule has 0 amide bonds. The predicted octanol–water partition coefficient (Wildman–Crippen LogP) is 12.6. The van der Waals surface area contributed by atoms with Crippen LogP contribution in [-0.4, -0.2) is 15.0 Å². The van der Waals surface area contributed by atoms with E-state index in [0.29, 0.717) is 17.5 Å². The summed E-state index contributed by atoms with van der Waals surface area (Å²) >= 11 is 0. The molecule has 1 aliphatic carbocycles. The molecule has 10 rings (SSSR count). The van der Waals surface area contributed by atoms with Crippen molar-refractivity contribution in [3.05, 3.63) is 235 Å². The van der Waals surface area contributed by atoms with E-state index in [1.807, 2.05) is 60.7 Å². The molecule has 0 unspecified atom stereocenters.